The van der Waals surface area contributed by atoms with Gasteiger partial charge in [-0.1, -0.05) is 35.0 Å². The largest absolute Gasteiger partial charge is 0.308 e. The van der Waals surface area contributed by atoms with Crippen molar-refractivity contribution >= 4 is 21.7 Å². The van der Waals surface area contributed by atoms with Gasteiger partial charge in [0.1, 0.15) is 0 Å². The Morgan fingerprint density at radius 2 is 2.00 bits per heavy atom. The van der Waals surface area contributed by atoms with Gasteiger partial charge in [-0.05, 0) is 25.6 Å². The molecule has 0 fully saturated rings. The zero-order valence-corrected chi connectivity index (χ0v) is 9.97. The first kappa shape index (κ1) is 11.4. The highest BCUT2D eigenvalue weighted by Crippen LogP contribution is 2.11. The maximum Gasteiger partial charge on any atom is 0.179 e. The highest BCUT2D eigenvalue weighted by atomic mass is 79.9. The molecule has 0 aliphatic heterocycles. The van der Waals surface area contributed by atoms with Crippen LogP contribution in [0, 0.1) is 0 Å². The van der Waals surface area contributed by atoms with Gasteiger partial charge in [-0.2, -0.15) is 0 Å². The standard InChI is InChI=1S/C11H14BrNO/c1-3-13-8(2)11(14)9-4-6-10(12)7-5-9/h4-8,13H,3H2,1-2H3. The summed E-state index contributed by atoms with van der Waals surface area (Å²) in [6.45, 7) is 4.68. The van der Waals surface area contributed by atoms with Gasteiger partial charge >= 0.3 is 0 Å². The van der Waals surface area contributed by atoms with Gasteiger partial charge in [-0.15, -0.1) is 0 Å². The van der Waals surface area contributed by atoms with E-state index in [0.717, 1.165) is 16.6 Å². The second kappa shape index (κ2) is 5.27. The minimum atomic E-state index is -0.110. The number of benzene rings is 1. The van der Waals surface area contributed by atoms with Gasteiger partial charge in [-0.25, -0.2) is 0 Å². The number of hydrogen-bond acceptors (Lipinski definition) is 2. The van der Waals surface area contributed by atoms with Gasteiger partial charge in [0.15, 0.2) is 5.78 Å². The SMILES string of the molecule is CCNC(C)C(=O)c1ccc(Br)cc1. The maximum absolute atomic E-state index is 11.8. The summed E-state index contributed by atoms with van der Waals surface area (Å²) in [7, 11) is 0. The summed E-state index contributed by atoms with van der Waals surface area (Å²) in [5.74, 6) is 0.138. The average molecular weight is 256 g/mol. The molecule has 0 aromatic heterocycles. The molecule has 1 N–H and O–H groups in total. The van der Waals surface area contributed by atoms with Crippen molar-refractivity contribution in [3.63, 3.8) is 0 Å². The van der Waals surface area contributed by atoms with Crippen LogP contribution in [0.5, 0.6) is 0 Å². The molecule has 0 aliphatic rings. The summed E-state index contributed by atoms with van der Waals surface area (Å²) in [6.07, 6.45) is 0. The molecule has 0 heterocycles. The molecule has 0 aliphatic carbocycles. The predicted octanol–water partition coefficient (Wildman–Crippen LogP) is 2.63. The van der Waals surface area contributed by atoms with Crippen LogP contribution in [-0.2, 0) is 0 Å². The van der Waals surface area contributed by atoms with E-state index in [2.05, 4.69) is 21.2 Å². The number of likely N-dealkylation sites (N-methyl/N-ethyl adjacent to an activating group) is 1. The lowest BCUT2D eigenvalue weighted by molar-refractivity contribution is 0.0952. The molecule has 0 bridgehead atoms. The second-order valence-corrected chi connectivity index (χ2v) is 4.07. The molecule has 2 nitrogen and oxygen atoms in total. The molecule has 0 spiro atoms. The number of ketones is 1. The molecular weight excluding hydrogens is 242 g/mol. The van der Waals surface area contributed by atoms with E-state index in [9.17, 15) is 4.79 Å². The van der Waals surface area contributed by atoms with Gasteiger partial charge in [0.2, 0.25) is 0 Å². The van der Waals surface area contributed by atoms with E-state index in [1.54, 1.807) is 0 Å². The molecule has 0 radical (unpaired) electrons. The van der Waals surface area contributed by atoms with Gasteiger partial charge in [0.05, 0.1) is 6.04 Å². The fraction of sp³-hybridized carbons (Fsp3) is 0.364. The number of carbonyl (C=O) groups excluding carboxylic acids is 1. The van der Waals surface area contributed by atoms with E-state index in [4.69, 9.17) is 0 Å². The van der Waals surface area contributed by atoms with Gasteiger partial charge < -0.3 is 5.32 Å². The van der Waals surface area contributed by atoms with Crippen molar-refractivity contribution in [1.82, 2.24) is 5.32 Å². The van der Waals surface area contributed by atoms with Crippen LogP contribution in [0.1, 0.15) is 24.2 Å². The van der Waals surface area contributed by atoms with E-state index in [1.807, 2.05) is 38.1 Å². The molecule has 1 aromatic carbocycles. The molecule has 1 unspecified atom stereocenters. The first-order chi connectivity index (χ1) is 6.65. The Bertz CT molecular complexity index is 308. The van der Waals surface area contributed by atoms with Crippen molar-refractivity contribution in [3.8, 4) is 0 Å². The second-order valence-electron chi connectivity index (χ2n) is 3.15. The number of rotatable bonds is 4. The third-order valence-corrected chi connectivity index (χ3v) is 2.56. The molecule has 0 saturated carbocycles. The Kier molecular flexibility index (Phi) is 4.29. The monoisotopic (exact) mass is 255 g/mol. The van der Waals surface area contributed by atoms with Gasteiger partial charge in [-0.3, -0.25) is 4.79 Å². The Morgan fingerprint density at radius 3 is 2.50 bits per heavy atom. The topological polar surface area (TPSA) is 29.1 Å². The van der Waals surface area contributed by atoms with Gasteiger partial charge in [0.25, 0.3) is 0 Å². The lowest BCUT2D eigenvalue weighted by Crippen LogP contribution is -2.33. The van der Waals surface area contributed by atoms with Gasteiger partial charge in [0, 0.05) is 10.0 Å². The molecule has 76 valence electrons. The number of carbonyl (C=O) groups is 1. The summed E-state index contributed by atoms with van der Waals surface area (Å²) in [5, 5.41) is 3.10. The van der Waals surface area contributed by atoms with Crippen molar-refractivity contribution in [2.75, 3.05) is 6.54 Å². The number of hydrogen-bond donors (Lipinski definition) is 1. The van der Waals surface area contributed by atoms with Crippen LogP contribution in [-0.4, -0.2) is 18.4 Å². The van der Waals surface area contributed by atoms with E-state index in [1.165, 1.54) is 0 Å². The van der Waals surface area contributed by atoms with Crippen LogP contribution in [0.25, 0.3) is 0 Å². The van der Waals surface area contributed by atoms with E-state index < -0.39 is 0 Å². The summed E-state index contributed by atoms with van der Waals surface area (Å²) in [6, 6.07) is 7.32. The predicted molar refractivity (Wildman–Crippen MR) is 61.6 cm³/mol. The molecule has 3 heteroatoms. The summed E-state index contributed by atoms with van der Waals surface area (Å²) < 4.78 is 0.991. The Hall–Kier alpha value is -0.670. The molecule has 1 rings (SSSR count). The average Bonchev–Trinajstić information content (AvgIpc) is 2.18. The Morgan fingerprint density at radius 1 is 1.43 bits per heavy atom. The molecule has 14 heavy (non-hydrogen) atoms. The van der Waals surface area contributed by atoms with Crippen LogP contribution < -0.4 is 5.32 Å². The minimum absolute atomic E-state index is 0.110. The lowest BCUT2D eigenvalue weighted by Gasteiger charge is -2.10. The molecule has 1 atom stereocenters. The van der Waals surface area contributed by atoms with E-state index in [-0.39, 0.29) is 11.8 Å². The summed E-state index contributed by atoms with van der Waals surface area (Å²) >= 11 is 3.34. The number of Topliss-reactive ketones (excluding diaryl/α,β-unsaturated/α-hetero) is 1. The zero-order chi connectivity index (χ0) is 10.6. The quantitative estimate of drug-likeness (QED) is 0.839. The number of nitrogens with one attached hydrogen (secondary N) is 1. The molecule has 0 saturated heterocycles. The first-order valence-corrected chi connectivity index (χ1v) is 5.47. The molecule has 0 amide bonds. The number of halogens is 1. The maximum atomic E-state index is 11.8. The minimum Gasteiger partial charge on any atom is -0.308 e. The van der Waals surface area contributed by atoms with Crippen molar-refractivity contribution in [2.24, 2.45) is 0 Å². The van der Waals surface area contributed by atoms with Crippen molar-refractivity contribution < 1.29 is 4.79 Å². The Labute approximate surface area is 92.8 Å². The third-order valence-electron chi connectivity index (χ3n) is 2.03. The zero-order valence-electron chi connectivity index (χ0n) is 8.38. The Balaban J connectivity index is 2.74. The van der Waals surface area contributed by atoms with Crippen molar-refractivity contribution in [3.05, 3.63) is 34.3 Å². The molecular formula is C11H14BrNO. The summed E-state index contributed by atoms with van der Waals surface area (Å²) in [5.41, 5.74) is 0.752. The molecule has 1 aromatic rings. The highest BCUT2D eigenvalue weighted by Gasteiger charge is 2.12. The van der Waals surface area contributed by atoms with Crippen LogP contribution >= 0.6 is 15.9 Å². The fourth-order valence-corrected chi connectivity index (χ4v) is 1.53. The summed E-state index contributed by atoms with van der Waals surface area (Å²) in [4.78, 5) is 11.8. The van der Waals surface area contributed by atoms with E-state index in [0.29, 0.717) is 0 Å². The highest BCUT2D eigenvalue weighted by molar-refractivity contribution is 9.10. The fourth-order valence-electron chi connectivity index (χ4n) is 1.26. The van der Waals surface area contributed by atoms with Crippen LogP contribution in [0.4, 0.5) is 0 Å². The smallest absolute Gasteiger partial charge is 0.179 e. The van der Waals surface area contributed by atoms with Crippen molar-refractivity contribution in [1.29, 1.82) is 0 Å². The van der Waals surface area contributed by atoms with Crippen molar-refractivity contribution in [2.45, 2.75) is 19.9 Å². The van der Waals surface area contributed by atoms with Crippen LogP contribution in [0.2, 0.25) is 0 Å². The van der Waals surface area contributed by atoms with Crippen LogP contribution in [0.15, 0.2) is 28.7 Å². The normalized spacial score (nSPS) is 12.5. The first-order valence-electron chi connectivity index (χ1n) is 4.68. The third kappa shape index (κ3) is 2.93. The van der Waals surface area contributed by atoms with Crippen LogP contribution in [0.3, 0.4) is 0 Å². The lowest BCUT2D eigenvalue weighted by atomic mass is 10.1. The van der Waals surface area contributed by atoms with E-state index >= 15 is 0 Å².